The minimum atomic E-state index is -0.252. The predicted molar refractivity (Wildman–Crippen MR) is 68.2 cm³/mol. The first-order valence-corrected chi connectivity index (χ1v) is 7.62. The van der Waals surface area contributed by atoms with Crippen molar-refractivity contribution in [1.29, 1.82) is 0 Å². The van der Waals surface area contributed by atoms with Gasteiger partial charge < -0.3 is 9.47 Å². The van der Waals surface area contributed by atoms with Crippen LogP contribution in [0.5, 0.6) is 0 Å². The number of fused-ring (bicyclic) bond motifs is 1. The van der Waals surface area contributed by atoms with Crippen molar-refractivity contribution < 1.29 is 19.1 Å². The highest BCUT2D eigenvalue weighted by molar-refractivity contribution is 5.85. The molecule has 0 aromatic carbocycles. The highest BCUT2D eigenvalue weighted by atomic mass is 16.5. The second-order valence-electron chi connectivity index (χ2n) is 7.92. The molecule has 0 radical (unpaired) electrons. The van der Waals surface area contributed by atoms with Gasteiger partial charge in [-0.15, -0.1) is 0 Å². The Bertz CT molecular complexity index is 497. The number of carbonyl (C=O) groups is 2. The highest BCUT2D eigenvalue weighted by Crippen LogP contribution is 3.03. The Morgan fingerprint density at radius 3 is 1.30 bits per heavy atom. The summed E-state index contributed by atoms with van der Waals surface area (Å²) in [5.74, 6) is 2.45. The summed E-state index contributed by atoms with van der Waals surface area (Å²) in [7, 11) is 2.86. The first-order chi connectivity index (χ1) is 9.46. The van der Waals surface area contributed by atoms with Crippen LogP contribution >= 0.6 is 0 Å². The molecule has 6 aliphatic rings. The third-order valence-electron chi connectivity index (χ3n) is 8.53. The van der Waals surface area contributed by atoms with E-state index in [0.29, 0.717) is 46.3 Å². The van der Waals surface area contributed by atoms with Crippen molar-refractivity contribution in [3.05, 3.63) is 0 Å². The average molecular weight is 276 g/mol. The van der Waals surface area contributed by atoms with E-state index in [2.05, 4.69) is 13.8 Å². The Labute approximate surface area is 118 Å². The zero-order valence-electron chi connectivity index (χ0n) is 12.3. The summed E-state index contributed by atoms with van der Waals surface area (Å²) in [6.07, 6.45) is 0. The quantitative estimate of drug-likeness (QED) is 0.714. The molecule has 0 saturated heterocycles. The van der Waals surface area contributed by atoms with Gasteiger partial charge in [-0.1, -0.05) is 13.8 Å². The van der Waals surface area contributed by atoms with Crippen LogP contribution in [0.15, 0.2) is 0 Å². The largest absolute Gasteiger partial charge is 0.469 e. The van der Waals surface area contributed by atoms with Crippen molar-refractivity contribution in [2.75, 3.05) is 14.2 Å². The highest BCUT2D eigenvalue weighted by Gasteiger charge is 3.01. The summed E-state index contributed by atoms with van der Waals surface area (Å²) in [5, 5.41) is 0. The summed E-state index contributed by atoms with van der Waals surface area (Å²) in [6.45, 7) is 4.80. The lowest BCUT2D eigenvalue weighted by molar-refractivity contribution is -0.573. The van der Waals surface area contributed by atoms with E-state index in [9.17, 15) is 9.59 Å². The second-order valence-corrected chi connectivity index (χ2v) is 7.92. The second kappa shape index (κ2) is 2.79. The van der Waals surface area contributed by atoms with E-state index >= 15 is 0 Å². The molecule has 6 aliphatic carbocycles. The number of rotatable bonds is 2. The van der Waals surface area contributed by atoms with Gasteiger partial charge >= 0.3 is 11.9 Å². The minimum absolute atomic E-state index is 0.199. The number of hydrogen-bond acceptors (Lipinski definition) is 4. The van der Waals surface area contributed by atoms with Gasteiger partial charge in [0, 0.05) is 0 Å². The summed E-state index contributed by atoms with van der Waals surface area (Å²) in [6, 6.07) is 0. The molecule has 0 aliphatic heterocycles. The van der Waals surface area contributed by atoms with Gasteiger partial charge in [0.2, 0.25) is 0 Å². The molecule has 0 aromatic heterocycles. The Balaban J connectivity index is 1.59. The maximum absolute atomic E-state index is 12.2. The third kappa shape index (κ3) is 0.674. The van der Waals surface area contributed by atoms with Crippen molar-refractivity contribution in [3.8, 4) is 0 Å². The summed E-state index contributed by atoms with van der Waals surface area (Å²) in [5.41, 5.74) is 0.910. The van der Waals surface area contributed by atoms with Crippen molar-refractivity contribution in [1.82, 2.24) is 0 Å². The van der Waals surface area contributed by atoms with E-state index in [1.165, 1.54) is 14.2 Å². The Morgan fingerprint density at radius 1 is 0.750 bits per heavy atom. The molecule has 0 heterocycles. The van der Waals surface area contributed by atoms with Gasteiger partial charge in [-0.2, -0.15) is 0 Å². The first-order valence-electron chi connectivity index (χ1n) is 7.62. The molecule has 6 saturated carbocycles. The lowest BCUT2D eigenvalue weighted by Gasteiger charge is -3.03. The molecule has 2 bridgehead atoms. The number of methoxy groups -OCH3 is 2. The fourth-order valence-electron chi connectivity index (χ4n) is 8.20. The van der Waals surface area contributed by atoms with Gasteiger partial charge in [0.15, 0.2) is 0 Å². The van der Waals surface area contributed by atoms with E-state index in [1.54, 1.807) is 0 Å². The van der Waals surface area contributed by atoms with Crippen LogP contribution in [0.4, 0.5) is 0 Å². The molecular weight excluding hydrogens is 256 g/mol. The number of esters is 2. The first kappa shape index (κ1) is 11.6. The molecule has 0 aromatic rings. The van der Waals surface area contributed by atoms with E-state index in [-0.39, 0.29) is 23.8 Å². The van der Waals surface area contributed by atoms with Crippen LogP contribution in [0.25, 0.3) is 0 Å². The van der Waals surface area contributed by atoms with Gasteiger partial charge in [-0.05, 0) is 46.3 Å². The topological polar surface area (TPSA) is 52.6 Å². The molecular formula is C16H20O4. The average Bonchev–Trinajstić information content (AvgIpc) is 2.49. The fourth-order valence-corrected chi connectivity index (χ4v) is 8.20. The summed E-state index contributed by atoms with van der Waals surface area (Å²) < 4.78 is 10.0. The normalized spacial score (nSPS) is 65.8. The van der Waals surface area contributed by atoms with Crippen molar-refractivity contribution in [3.63, 3.8) is 0 Å². The molecule has 6 fully saturated rings. The molecule has 4 heteroatoms. The van der Waals surface area contributed by atoms with Gasteiger partial charge in [-0.25, -0.2) is 0 Å². The van der Waals surface area contributed by atoms with Crippen LogP contribution < -0.4 is 0 Å². The SMILES string of the molecule is COC(=O)[C@@H]1C2[C@H]3[C@H]4C([C@@H]5[C@H]2C3(C)C45C)[C@@H]1C(=O)OC. The molecule has 0 unspecified atom stereocenters. The van der Waals surface area contributed by atoms with Crippen molar-refractivity contribution in [2.45, 2.75) is 13.8 Å². The van der Waals surface area contributed by atoms with Crippen LogP contribution in [0.2, 0.25) is 0 Å². The summed E-state index contributed by atoms with van der Waals surface area (Å²) >= 11 is 0. The third-order valence-corrected chi connectivity index (χ3v) is 8.53. The van der Waals surface area contributed by atoms with E-state index in [4.69, 9.17) is 9.47 Å². The number of ether oxygens (including phenoxy) is 2. The van der Waals surface area contributed by atoms with Gasteiger partial charge in [0.1, 0.15) is 0 Å². The van der Waals surface area contributed by atoms with Crippen LogP contribution in [0.1, 0.15) is 13.8 Å². The van der Waals surface area contributed by atoms with Crippen molar-refractivity contribution >= 4 is 11.9 Å². The lowest BCUT2D eigenvalue weighted by Crippen LogP contribution is -3.02. The van der Waals surface area contributed by atoms with Crippen molar-refractivity contribution in [2.24, 2.45) is 58.2 Å². The Hall–Kier alpha value is -1.06. The smallest absolute Gasteiger partial charge is 0.309 e. The van der Waals surface area contributed by atoms with Gasteiger partial charge in [0.05, 0.1) is 26.1 Å². The zero-order chi connectivity index (χ0) is 14.2. The maximum atomic E-state index is 12.2. The molecule has 0 N–H and O–H groups in total. The summed E-state index contributed by atoms with van der Waals surface area (Å²) in [4.78, 5) is 24.5. The monoisotopic (exact) mass is 276 g/mol. The maximum Gasteiger partial charge on any atom is 0.309 e. The molecule has 108 valence electrons. The molecule has 4 nitrogen and oxygen atoms in total. The van der Waals surface area contributed by atoms with Crippen LogP contribution in [-0.4, -0.2) is 26.2 Å². The van der Waals surface area contributed by atoms with Crippen LogP contribution in [0.3, 0.4) is 0 Å². The van der Waals surface area contributed by atoms with Gasteiger partial charge in [0.25, 0.3) is 0 Å². The minimum Gasteiger partial charge on any atom is -0.469 e. The van der Waals surface area contributed by atoms with Gasteiger partial charge in [-0.3, -0.25) is 9.59 Å². The standard InChI is InChI=1S/C16H20O4/c1-15-9-7-5(13(17)19-3)6(14(18)20-4)8-11(9)16(15,2)12(8)10(7)15/h5-12H,1-4H3/t5-,6+,7?,8?,9-,10-,11+,12+,15?,16?. The fraction of sp³-hybridized carbons (Fsp3) is 0.875. The molecule has 0 spiro atoms. The van der Waals surface area contributed by atoms with E-state index < -0.39 is 0 Å². The number of carbonyl (C=O) groups excluding carboxylic acids is 2. The van der Waals surface area contributed by atoms with E-state index in [0.717, 1.165) is 0 Å². The van der Waals surface area contributed by atoms with Crippen LogP contribution in [-0.2, 0) is 19.1 Å². The molecule has 6 atom stereocenters. The molecule has 6 rings (SSSR count). The lowest BCUT2D eigenvalue weighted by atomic mass is 9.00. The van der Waals surface area contributed by atoms with E-state index in [1.807, 2.05) is 0 Å². The molecule has 0 amide bonds. The Morgan fingerprint density at radius 2 is 1.05 bits per heavy atom. The number of hydrogen-bond donors (Lipinski definition) is 0. The Kier molecular flexibility index (Phi) is 1.62. The predicted octanol–water partition coefficient (Wildman–Crippen LogP) is 1.34. The zero-order valence-corrected chi connectivity index (χ0v) is 12.3. The van der Waals surface area contributed by atoms with Crippen LogP contribution in [0, 0.1) is 58.2 Å². The molecule has 20 heavy (non-hydrogen) atoms.